The van der Waals surface area contributed by atoms with Gasteiger partial charge in [-0.1, -0.05) is 0 Å². The van der Waals surface area contributed by atoms with E-state index in [0.717, 1.165) is 16.5 Å². The van der Waals surface area contributed by atoms with Crippen molar-refractivity contribution in [2.75, 3.05) is 0 Å². The summed E-state index contributed by atoms with van der Waals surface area (Å²) in [4.78, 5) is 60.0. The van der Waals surface area contributed by atoms with Crippen molar-refractivity contribution in [1.82, 2.24) is 0 Å². The number of aliphatic carboxylic acids is 6. The number of hydrogen-bond donors (Lipinski definition) is 2. The zero-order valence-corrected chi connectivity index (χ0v) is 18.6. The Morgan fingerprint density at radius 2 is 0.690 bits per heavy atom. The third kappa shape index (κ3) is 16.7. The molecule has 2 radical (unpaired) electrons. The quantitative estimate of drug-likeness (QED) is 0.269. The Morgan fingerprint density at radius 3 is 0.759 bits per heavy atom. The Kier molecular flexibility index (Phi) is 19.0. The fraction of sp³-hybridized carbons (Fsp3) is 0.500. The van der Waals surface area contributed by atoms with E-state index in [0.29, 0.717) is 0 Å². The fourth-order valence-corrected chi connectivity index (χ4v) is 1.37. The number of carbonyl (C=O) groups is 6. The summed E-state index contributed by atoms with van der Waals surface area (Å²) in [6.07, 6.45) is -5.43. The van der Waals surface area contributed by atoms with Crippen molar-refractivity contribution in [3.63, 3.8) is 0 Å². The molecule has 29 heavy (non-hydrogen) atoms. The summed E-state index contributed by atoms with van der Waals surface area (Å²) >= 11 is 0.750. The molecule has 0 atom stereocenters. The third-order valence-electron chi connectivity index (χ3n) is 2.51. The molecule has 0 bridgehead atoms. The summed E-state index contributed by atoms with van der Waals surface area (Å²) < 4.78 is 8.25. The van der Waals surface area contributed by atoms with Crippen molar-refractivity contribution in [3.8, 4) is 0 Å². The van der Waals surface area contributed by atoms with Crippen LogP contribution < -0.4 is 60.2 Å². The number of aliphatic hydroxyl groups is 2. The number of carbonyl (C=O) groups excluding carboxylic acids is 6. The van der Waals surface area contributed by atoms with Crippen molar-refractivity contribution in [1.29, 1.82) is 0 Å². The second kappa shape index (κ2) is 15.9. The van der Waals surface area contributed by atoms with Gasteiger partial charge in [-0.05, 0) is 0 Å². The number of rotatable bonds is 10. The van der Waals surface area contributed by atoms with Gasteiger partial charge in [0.15, 0.2) is 0 Å². The molecular formula is C12H10GeNaO15-5. The monoisotopic (exact) mass is 491 g/mol. The Hall–Kier alpha value is -1.92. The Balaban J connectivity index is -0.000000192. The predicted octanol–water partition coefficient (Wildman–Crippen LogP) is -14.0. The molecule has 0 saturated heterocycles. The molecular weight excluding hydrogens is 480 g/mol. The van der Waals surface area contributed by atoms with Gasteiger partial charge in [0.05, 0.1) is 11.9 Å². The normalized spacial score (nSPS) is 9.86. The van der Waals surface area contributed by atoms with Crippen LogP contribution in [-0.2, 0) is 32.5 Å². The van der Waals surface area contributed by atoms with Crippen LogP contribution in [0, 0.1) is 0 Å². The Labute approximate surface area is 191 Å². The number of carboxylic acids is 6. The zero-order valence-electron chi connectivity index (χ0n) is 14.5. The first-order valence-corrected chi connectivity index (χ1v) is 7.29. The molecule has 17 heteroatoms. The molecule has 0 aliphatic rings. The van der Waals surface area contributed by atoms with Crippen molar-refractivity contribution in [3.05, 3.63) is 0 Å². The molecule has 0 aromatic carbocycles. The van der Waals surface area contributed by atoms with Crippen molar-refractivity contribution >= 4 is 52.3 Å². The van der Waals surface area contributed by atoms with Crippen LogP contribution in [0.4, 0.5) is 0 Å². The second-order valence-electron chi connectivity index (χ2n) is 4.83. The van der Waals surface area contributed by atoms with E-state index in [9.17, 15) is 59.4 Å². The molecule has 0 unspecified atom stereocenters. The van der Waals surface area contributed by atoms with Crippen LogP contribution in [-0.4, -0.2) is 73.7 Å². The molecule has 2 N–H and O–H groups in total. The standard InChI is InChI=1S/2C6H8O7.GeO.Na/c2*7-3(8)1-6(13,5(11)12)2-4(9)10;1-2;/h2*13H,1-2H2,(H,7,8)(H,9,10)(H,11,12);;/q;;;+1/p-6. The van der Waals surface area contributed by atoms with Crippen LogP contribution in [0.25, 0.3) is 0 Å². The van der Waals surface area contributed by atoms with Gasteiger partial charge in [0, 0.05) is 49.6 Å². The van der Waals surface area contributed by atoms with Crippen LogP contribution >= 0.6 is 0 Å². The van der Waals surface area contributed by atoms with Crippen molar-refractivity contribution in [2.45, 2.75) is 36.9 Å². The van der Waals surface area contributed by atoms with E-state index in [2.05, 4.69) is 0 Å². The molecule has 0 saturated carbocycles. The van der Waals surface area contributed by atoms with E-state index in [1.807, 2.05) is 0 Å². The molecule has 0 spiro atoms. The molecule has 0 amide bonds. The molecule has 158 valence electrons. The summed E-state index contributed by atoms with van der Waals surface area (Å²) in [5.74, 6) is -12.0. The van der Waals surface area contributed by atoms with Gasteiger partial charge in [-0.15, -0.1) is 0 Å². The topological polar surface area (TPSA) is 298 Å². The summed E-state index contributed by atoms with van der Waals surface area (Å²) in [6.45, 7) is 0. The van der Waals surface area contributed by atoms with Crippen molar-refractivity contribution < 1.29 is 103 Å². The van der Waals surface area contributed by atoms with E-state index < -0.39 is 72.7 Å². The van der Waals surface area contributed by atoms with Gasteiger partial charge in [0.25, 0.3) is 0 Å². The van der Waals surface area contributed by atoms with E-state index in [4.69, 9.17) is 14.0 Å². The van der Waals surface area contributed by atoms with Gasteiger partial charge in [0.2, 0.25) is 0 Å². The van der Waals surface area contributed by atoms with Gasteiger partial charge in [0.1, 0.15) is 11.2 Å². The molecule has 0 heterocycles. The van der Waals surface area contributed by atoms with E-state index in [-0.39, 0.29) is 29.6 Å². The molecule has 0 rings (SSSR count). The van der Waals surface area contributed by atoms with Gasteiger partial charge in [-0.25, -0.2) is 0 Å². The van der Waals surface area contributed by atoms with Gasteiger partial charge in [-0.2, -0.15) is 0 Å². The molecule has 0 aliphatic heterocycles. The SMILES string of the molecule is O=C([O-])CC(O)(CC(=O)[O-])C(=O)[O-].O=C([O-])CC(O)(CC(=O)[O-])C(=O)[O-].[Na+].[O]=[Ge]. The van der Waals surface area contributed by atoms with Crippen molar-refractivity contribution in [2.24, 2.45) is 0 Å². The van der Waals surface area contributed by atoms with E-state index >= 15 is 0 Å². The number of hydrogen-bond acceptors (Lipinski definition) is 15. The first-order chi connectivity index (χ1) is 12.6. The minimum absolute atomic E-state index is 0. The summed E-state index contributed by atoms with van der Waals surface area (Å²) in [5.41, 5.74) is -5.95. The van der Waals surface area contributed by atoms with Crippen LogP contribution in [0.15, 0.2) is 0 Å². The van der Waals surface area contributed by atoms with Gasteiger partial charge >= 0.3 is 49.8 Å². The summed E-state index contributed by atoms with van der Waals surface area (Å²) in [5, 5.41) is 77.9. The second-order valence-corrected chi connectivity index (χ2v) is 4.83. The summed E-state index contributed by atoms with van der Waals surface area (Å²) in [6, 6.07) is 0. The molecule has 15 nitrogen and oxygen atoms in total. The van der Waals surface area contributed by atoms with Crippen LogP contribution in [0.2, 0.25) is 0 Å². The number of carboxylic acid groups (broad SMARTS) is 6. The Bertz CT molecular complexity index is 534. The first-order valence-electron chi connectivity index (χ1n) is 6.43. The summed E-state index contributed by atoms with van der Waals surface area (Å²) in [7, 11) is 0. The maximum atomic E-state index is 10.1. The first kappa shape index (κ1) is 34.6. The van der Waals surface area contributed by atoms with Crippen LogP contribution in [0.5, 0.6) is 0 Å². The van der Waals surface area contributed by atoms with E-state index in [1.165, 1.54) is 0 Å². The third-order valence-corrected chi connectivity index (χ3v) is 2.51. The maximum absolute atomic E-state index is 10.1. The average molecular weight is 490 g/mol. The van der Waals surface area contributed by atoms with Crippen LogP contribution in [0.3, 0.4) is 0 Å². The van der Waals surface area contributed by atoms with Gasteiger partial charge < -0.3 is 69.6 Å². The molecule has 0 aliphatic carbocycles. The predicted molar refractivity (Wildman–Crippen MR) is 64.9 cm³/mol. The zero-order chi connectivity index (χ0) is 23.3. The fourth-order valence-electron chi connectivity index (χ4n) is 1.37. The molecule has 0 fully saturated rings. The van der Waals surface area contributed by atoms with E-state index in [1.54, 1.807) is 0 Å². The van der Waals surface area contributed by atoms with Gasteiger partial charge in [-0.3, -0.25) is 0 Å². The Morgan fingerprint density at radius 1 is 0.552 bits per heavy atom. The molecule has 0 aromatic heterocycles. The average Bonchev–Trinajstić information content (AvgIpc) is 2.46. The van der Waals surface area contributed by atoms with Crippen LogP contribution in [0.1, 0.15) is 25.7 Å². The molecule has 0 aromatic rings. The minimum atomic E-state index is -2.97.